The number of hydrogen-bond donors (Lipinski definition) is 2. The van der Waals surface area contributed by atoms with Crippen LogP contribution in [-0.2, 0) is 11.3 Å². The lowest BCUT2D eigenvalue weighted by Crippen LogP contribution is -2.45. The lowest BCUT2D eigenvalue weighted by Gasteiger charge is -2.36. The lowest BCUT2D eigenvalue weighted by atomic mass is 10.0. The fourth-order valence-electron chi connectivity index (χ4n) is 3.11. The van der Waals surface area contributed by atoms with Crippen molar-refractivity contribution in [2.75, 3.05) is 25.0 Å². The Labute approximate surface area is 160 Å². The van der Waals surface area contributed by atoms with E-state index in [9.17, 15) is 4.79 Å². The van der Waals surface area contributed by atoms with Gasteiger partial charge < -0.3 is 10.6 Å². The molecule has 0 aromatic heterocycles. The van der Waals surface area contributed by atoms with Gasteiger partial charge in [0.15, 0.2) is 0 Å². The quantitative estimate of drug-likeness (QED) is 0.847. The number of hydrogen-bond acceptors (Lipinski definition) is 3. The first-order valence-corrected chi connectivity index (χ1v) is 8.56. The van der Waals surface area contributed by atoms with Crippen molar-refractivity contribution < 1.29 is 4.79 Å². The van der Waals surface area contributed by atoms with Crippen LogP contribution in [0.4, 0.5) is 5.69 Å². The van der Waals surface area contributed by atoms with Crippen molar-refractivity contribution in [3.63, 3.8) is 0 Å². The molecule has 0 bridgehead atoms. The molecule has 2 aromatic carbocycles. The van der Waals surface area contributed by atoms with Crippen LogP contribution in [0.5, 0.6) is 0 Å². The van der Waals surface area contributed by atoms with Crippen molar-refractivity contribution in [3.05, 3.63) is 64.7 Å². The number of benzene rings is 2. The Kier molecular flexibility index (Phi) is 7.26. The highest BCUT2D eigenvalue weighted by Crippen LogP contribution is 2.26. The molecule has 2 aromatic rings. The van der Waals surface area contributed by atoms with Crippen LogP contribution >= 0.6 is 24.0 Å². The number of piperazine rings is 1. The minimum absolute atomic E-state index is 0. The van der Waals surface area contributed by atoms with Crippen LogP contribution in [0.1, 0.15) is 24.1 Å². The molecular weight excluding hydrogens is 357 g/mol. The highest BCUT2D eigenvalue weighted by atomic mass is 35.5. The highest BCUT2D eigenvalue weighted by molar-refractivity contribution is 6.30. The Morgan fingerprint density at radius 1 is 1.28 bits per heavy atom. The summed E-state index contributed by atoms with van der Waals surface area (Å²) in [5.74, 6) is -0.0501. The van der Waals surface area contributed by atoms with E-state index in [1.807, 2.05) is 30.3 Å². The first-order chi connectivity index (χ1) is 11.6. The summed E-state index contributed by atoms with van der Waals surface area (Å²) in [7, 11) is 0. The molecule has 1 amide bonds. The van der Waals surface area contributed by atoms with Gasteiger partial charge in [-0.3, -0.25) is 9.69 Å². The van der Waals surface area contributed by atoms with Crippen LogP contribution < -0.4 is 10.6 Å². The molecule has 134 valence electrons. The van der Waals surface area contributed by atoms with Gasteiger partial charge in [-0.05, 0) is 35.4 Å². The highest BCUT2D eigenvalue weighted by Gasteiger charge is 2.23. The normalized spacial score (nSPS) is 17.6. The summed E-state index contributed by atoms with van der Waals surface area (Å²) < 4.78 is 0. The maximum Gasteiger partial charge on any atom is 0.221 e. The van der Waals surface area contributed by atoms with Crippen LogP contribution in [0.15, 0.2) is 48.5 Å². The van der Waals surface area contributed by atoms with Gasteiger partial charge in [-0.15, -0.1) is 12.4 Å². The van der Waals surface area contributed by atoms with Gasteiger partial charge >= 0.3 is 0 Å². The molecule has 1 atom stereocenters. The third-order valence-electron chi connectivity index (χ3n) is 4.25. The summed E-state index contributed by atoms with van der Waals surface area (Å²) in [5.41, 5.74) is 3.31. The van der Waals surface area contributed by atoms with E-state index in [2.05, 4.69) is 33.7 Å². The molecule has 0 spiro atoms. The molecule has 6 heteroatoms. The molecule has 0 aliphatic carbocycles. The topological polar surface area (TPSA) is 44.4 Å². The van der Waals surface area contributed by atoms with E-state index in [1.165, 1.54) is 18.1 Å². The van der Waals surface area contributed by atoms with E-state index < -0.39 is 0 Å². The van der Waals surface area contributed by atoms with Crippen molar-refractivity contribution in [1.82, 2.24) is 10.2 Å². The van der Waals surface area contributed by atoms with Crippen LogP contribution in [0.25, 0.3) is 0 Å². The first kappa shape index (κ1) is 19.7. The van der Waals surface area contributed by atoms with Gasteiger partial charge in [-0.25, -0.2) is 0 Å². The first-order valence-electron chi connectivity index (χ1n) is 8.18. The van der Waals surface area contributed by atoms with Gasteiger partial charge in [0.1, 0.15) is 0 Å². The van der Waals surface area contributed by atoms with E-state index in [0.717, 1.165) is 36.9 Å². The minimum atomic E-state index is -0.0501. The van der Waals surface area contributed by atoms with Crippen molar-refractivity contribution in [3.8, 4) is 0 Å². The number of rotatable bonds is 4. The van der Waals surface area contributed by atoms with E-state index in [4.69, 9.17) is 11.6 Å². The summed E-state index contributed by atoms with van der Waals surface area (Å²) in [6.07, 6.45) is 0. The number of carbonyl (C=O) groups excluding carboxylic acids is 1. The van der Waals surface area contributed by atoms with Gasteiger partial charge in [0.25, 0.3) is 0 Å². The zero-order valence-electron chi connectivity index (χ0n) is 14.2. The number of carbonyl (C=O) groups is 1. The molecule has 4 nitrogen and oxygen atoms in total. The average Bonchev–Trinajstić information content (AvgIpc) is 2.57. The molecule has 0 saturated carbocycles. The van der Waals surface area contributed by atoms with Gasteiger partial charge in [-0.1, -0.05) is 35.9 Å². The molecule has 1 saturated heterocycles. The second kappa shape index (κ2) is 9.20. The van der Waals surface area contributed by atoms with Crippen LogP contribution in [0.2, 0.25) is 5.02 Å². The molecule has 0 radical (unpaired) electrons. The van der Waals surface area contributed by atoms with Gasteiger partial charge in [0.2, 0.25) is 5.91 Å². The third-order valence-corrected chi connectivity index (χ3v) is 4.48. The van der Waals surface area contributed by atoms with Crippen molar-refractivity contribution in [2.45, 2.75) is 19.5 Å². The Morgan fingerprint density at radius 2 is 2.04 bits per heavy atom. The van der Waals surface area contributed by atoms with Crippen LogP contribution in [-0.4, -0.2) is 30.4 Å². The maximum absolute atomic E-state index is 11.1. The van der Waals surface area contributed by atoms with Crippen molar-refractivity contribution in [2.24, 2.45) is 0 Å². The van der Waals surface area contributed by atoms with Gasteiger partial charge in [0, 0.05) is 49.9 Å². The van der Waals surface area contributed by atoms with E-state index >= 15 is 0 Å². The summed E-state index contributed by atoms with van der Waals surface area (Å²) in [6.45, 7) is 5.29. The summed E-state index contributed by atoms with van der Waals surface area (Å²) in [5, 5.41) is 7.04. The Bertz CT molecular complexity index is 706. The number of amides is 1. The fourth-order valence-corrected chi connectivity index (χ4v) is 3.31. The molecule has 1 unspecified atom stereocenters. The minimum Gasteiger partial charge on any atom is -0.326 e. The fraction of sp³-hybridized carbons (Fsp3) is 0.316. The smallest absolute Gasteiger partial charge is 0.221 e. The maximum atomic E-state index is 11.1. The number of nitrogens with zero attached hydrogens (tertiary/aromatic N) is 1. The molecule has 25 heavy (non-hydrogen) atoms. The van der Waals surface area contributed by atoms with Gasteiger partial charge in [-0.2, -0.15) is 0 Å². The molecule has 3 rings (SSSR count). The predicted octanol–water partition coefficient (Wildman–Crippen LogP) is 3.87. The SMILES string of the molecule is CC(=O)Nc1ccc(CN2CCNCC2c2cccc(Cl)c2)cc1.Cl. The second-order valence-electron chi connectivity index (χ2n) is 6.12. The molecule has 2 N–H and O–H groups in total. The standard InChI is InChI=1S/C19H22ClN3O.ClH/c1-14(24)22-18-7-5-15(6-8-18)13-23-10-9-21-12-19(23)16-3-2-4-17(20)11-16;/h2-8,11,19,21H,9-10,12-13H2,1H3,(H,22,24);1H. The van der Waals surface area contributed by atoms with E-state index in [-0.39, 0.29) is 18.3 Å². The summed E-state index contributed by atoms with van der Waals surface area (Å²) in [4.78, 5) is 13.6. The van der Waals surface area contributed by atoms with Crippen LogP contribution in [0, 0.1) is 0 Å². The van der Waals surface area contributed by atoms with E-state index in [1.54, 1.807) is 0 Å². The summed E-state index contributed by atoms with van der Waals surface area (Å²) >= 11 is 6.16. The monoisotopic (exact) mass is 379 g/mol. The number of anilines is 1. The largest absolute Gasteiger partial charge is 0.326 e. The number of halogens is 2. The second-order valence-corrected chi connectivity index (χ2v) is 6.56. The molecule has 1 heterocycles. The number of nitrogens with one attached hydrogen (secondary N) is 2. The predicted molar refractivity (Wildman–Crippen MR) is 105 cm³/mol. The molecule has 1 fully saturated rings. The zero-order valence-corrected chi connectivity index (χ0v) is 15.7. The van der Waals surface area contributed by atoms with Crippen molar-refractivity contribution in [1.29, 1.82) is 0 Å². The Hall–Kier alpha value is -1.59. The van der Waals surface area contributed by atoms with Crippen molar-refractivity contribution >= 4 is 35.6 Å². The molecule has 1 aliphatic heterocycles. The van der Waals surface area contributed by atoms with Gasteiger partial charge in [0.05, 0.1) is 0 Å². The Balaban J connectivity index is 0.00000225. The lowest BCUT2D eigenvalue weighted by molar-refractivity contribution is -0.114. The Morgan fingerprint density at radius 3 is 2.72 bits per heavy atom. The van der Waals surface area contributed by atoms with Crippen LogP contribution in [0.3, 0.4) is 0 Å². The van der Waals surface area contributed by atoms with E-state index in [0.29, 0.717) is 6.04 Å². The molecular formula is C19H23Cl2N3O. The molecule has 1 aliphatic rings. The summed E-state index contributed by atoms with van der Waals surface area (Å²) in [6, 6.07) is 16.5. The zero-order chi connectivity index (χ0) is 16.9. The average molecular weight is 380 g/mol. The third kappa shape index (κ3) is 5.44.